The Labute approximate surface area is 93.1 Å². The van der Waals surface area contributed by atoms with Crippen molar-refractivity contribution in [2.75, 3.05) is 26.1 Å². The number of nitro benzene ring substituents is 1. The van der Waals surface area contributed by atoms with Gasteiger partial charge in [0, 0.05) is 7.11 Å². The lowest BCUT2D eigenvalue weighted by Gasteiger charge is -2.08. The summed E-state index contributed by atoms with van der Waals surface area (Å²) in [6, 6.07) is 2.98. The fraction of sp³-hybridized carbons (Fsp3) is 0.400. The molecule has 0 radical (unpaired) electrons. The summed E-state index contributed by atoms with van der Waals surface area (Å²) < 4.78 is 10.1. The van der Waals surface area contributed by atoms with Gasteiger partial charge in [0.15, 0.2) is 0 Å². The lowest BCUT2D eigenvalue weighted by Crippen LogP contribution is -2.05. The molecule has 6 nitrogen and oxygen atoms in total. The fourth-order valence-electron chi connectivity index (χ4n) is 1.22. The molecule has 0 spiro atoms. The number of methoxy groups -OCH3 is 1. The zero-order valence-corrected chi connectivity index (χ0v) is 9.23. The predicted octanol–water partition coefficient (Wildman–Crippen LogP) is 1.51. The van der Waals surface area contributed by atoms with Crippen LogP contribution < -0.4 is 10.5 Å². The second kappa shape index (κ2) is 5.32. The van der Waals surface area contributed by atoms with E-state index < -0.39 is 4.92 Å². The molecule has 0 aliphatic rings. The van der Waals surface area contributed by atoms with Crippen LogP contribution >= 0.6 is 0 Å². The number of nitrogen functional groups attached to an aromatic ring is 1. The molecule has 0 aliphatic carbocycles. The maximum atomic E-state index is 10.7. The number of rotatable bonds is 5. The molecule has 0 amide bonds. The second-order valence-electron chi connectivity index (χ2n) is 3.27. The number of nitrogens with two attached hydrogens (primary N) is 1. The van der Waals surface area contributed by atoms with Crippen molar-refractivity contribution < 1.29 is 14.4 Å². The molecular weight excluding hydrogens is 212 g/mol. The van der Waals surface area contributed by atoms with Crippen LogP contribution in [0.5, 0.6) is 5.75 Å². The van der Waals surface area contributed by atoms with Crippen LogP contribution in [0.1, 0.15) is 5.56 Å². The number of nitro groups is 1. The average Bonchev–Trinajstić information content (AvgIpc) is 2.23. The van der Waals surface area contributed by atoms with Crippen LogP contribution in [0.2, 0.25) is 0 Å². The Hall–Kier alpha value is -1.82. The molecule has 0 atom stereocenters. The zero-order valence-electron chi connectivity index (χ0n) is 9.23. The molecule has 88 valence electrons. The van der Waals surface area contributed by atoms with Crippen molar-refractivity contribution in [3.8, 4) is 5.75 Å². The van der Waals surface area contributed by atoms with Crippen LogP contribution in [-0.4, -0.2) is 25.2 Å². The van der Waals surface area contributed by atoms with Gasteiger partial charge in [-0.15, -0.1) is 0 Å². The van der Waals surface area contributed by atoms with Crippen molar-refractivity contribution in [3.05, 3.63) is 27.8 Å². The standard InChI is InChI=1S/C10H14N2O4/c1-7-5-8(16-4-3-15-2)6-9(10(7)11)12(13)14/h5-6H,3-4,11H2,1-2H3. The SMILES string of the molecule is COCCOc1cc(C)c(N)c([N+](=O)[O-])c1. The van der Waals surface area contributed by atoms with Crippen molar-refractivity contribution in [1.29, 1.82) is 0 Å². The third kappa shape index (κ3) is 2.83. The molecule has 0 aromatic heterocycles. The summed E-state index contributed by atoms with van der Waals surface area (Å²) in [6.45, 7) is 2.47. The summed E-state index contributed by atoms with van der Waals surface area (Å²) >= 11 is 0. The largest absolute Gasteiger partial charge is 0.491 e. The van der Waals surface area contributed by atoms with Gasteiger partial charge in [-0.3, -0.25) is 10.1 Å². The Bertz CT molecular complexity index is 393. The molecule has 0 unspecified atom stereocenters. The molecule has 0 saturated carbocycles. The minimum absolute atomic E-state index is 0.132. The summed E-state index contributed by atoms with van der Waals surface area (Å²) in [6.07, 6.45) is 0. The smallest absolute Gasteiger partial charge is 0.296 e. The summed E-state index contributed by atoms with van der Waals surface area (Å²) in [4.78, 5) is 10.2. The van der Waals surface area contributed by atoms with Crippen LogP contribution in [0, 0.1) is 17.0 Å². The topological polar surface area (TPSA) is 87.6 Å². The van der Waals surface area contributed by atoms with E-state index in [-0.39, 0.29) is 11.4 Å². The van der Waals surface area contributed by atoms with Gasteiger partial charge in [-0.05, 0) is 18.6 Å². The van der Waals surface area contributed by atoms with Gasteiger partial charge in [0.1, 0.15) is 18.0 Å². The van der Waals surface area contributed by atoms with E-state index in [9.17, 15) is 10.1 Å². The molecule has 2 N–H and O–H groups in total. The Morgan fingerprint density at radius 2 is 2.12 bits per heavy atom. The highest BCUT2D eigenvalue weighted by molar-refractivity contribution is 5.65. The van der Waals surface area contributed by atoms with Gasteiger partial charge in [-0.2, -0.15) is 0 Å². The van der Waals surface area contributed by atoms with Crippen LogP contribution in [0.15, 0.2) is 12.1 Å². The lowest BCUT2D eigenvalue weighted by molar-refractivity contribution is -0.384. The first-order valence-electron chi connectivity index (χ1n) is 4.72. The molecule has 0 heterocycles. The summed E-state index contributed by atoms with van der Waals surface area (Å²) in [5.41, 5.74) is 6.25. The molecule has 0 saturated heterocycles. The molecule has 0 aliphatic heterocycles. The van der Waals surface area contributed by atoms with Crippen LogP contribution in [0.3, 0.4) is 0 Å². The number of benzene rings is 1. The first-order chi connectivity index (χ1) is 7.56. The van der Waals surface area contributed by atoms with Crippen LogP contribution in [-0.2, 0) is 4.74 Å². The van der Waals surface area contributed by atoms with E-state index >= 15 is 0 Å². The average molecular weight is 226 g/mol. The summed E-state index contributed by atoms with van der Waals surface area (Å²) in [7, 11) is 1.56. The van der Waals surface area contributed by atoms with Crippen molar-refractivity contribution in [2.24, 2.45) is 0 Å². The zero-order chi connectivity index (χ0) is 12.1. The van der Waals surface area contributed by atoms with Crippen molar-refractivity contribution in [2.45, 2.75) is 6.92 Å². The maximum absolute atomic E-state index is 10.7. The Balaban J connectivity index is 2.91. The molecule has 0 bridgehead atoms. The number of ether oxygens (including phenoxy) is 2. The van der Waals surface area contributed by atoms with E-state index in [1.165, 1.54) is 6.07 Å². The van der Waals surface area contributed by atoms with E-state index in [4.69, 9.17) is 15.2 Å². The molecule has 16 heavy (non-hydrogen) atoms. The molecule has 1 aromatic carbocycles. The molecular formula is C10H14N2O4. The third-order valence-corrected chi connectivity index (χ3v) is 2.09. The summed E-state index contributed by atoms with van der Waals surface area (Å²) in [5, 5.41) is 10.7. The Kier molecular flexibility index (Phi) is 4.07. The molecule has 6 heteroatoms. The van der Waals surface area contributed by atoms with Crippen LogP contribution in [0.25, 0.3) is 0 Å². The number of hydrogen-bond donors (Lipinski definition) is 1. The number of aryl methyl sites for hydroxylation is 1. The first-order valence-corrected chi connectivity index (χ1v) is 4.72. The fourth-order valence-corrected chi connectivity index (χ4v) is 1.22. The van der Waals surface area contributed by atoms with Crippen molar-refractivity contribution >= 4 is 11.4 Å². The minimum Gasteiger partial charge on any atom is -0.491 e. The molecule has 1 aromatic rings. The summed E-state index contributed by atoms with van der Waals surface area (Å²) in [5.74, 6) is 0.426. The Morgan fingerprint density at radius 3 is 2.69 bits per heavy atom. The van der Waals surface area contributed by atoms with Crippen molar-refractivity contribution in [3.63, 3.8) is 0 Å². The quantitative estimate of drug-likeness (QED) is 0.356. The van der Waals surface area contributed by atoms with E-state index in [0.29, 0.717) is 24.5 Å². The van der Waals surface area contributed by atoms with Gasteiger partial charge in [0.25, 0.3) is 5.69 Å². The highest BCUT2D eigenvalue weighted by Crippen LogP contribution is 2.30. The van der Waals surface area contributed by atoms with Gasteiger partial charge in [0.2, 0.25) is 0 Å². The van der Waals surface area contributed by atoms with Gasteiger partial charge >= 0.3 is 0 Å². The third-order valence-electron chi connectivity index (χ3n) is 2.09. The highest BCUT2D eigenvalue weighted by atomic mass is 16.6. The minimum atomic E-state index is -0.522. The highest BCUT2D eigenvalue weighted by Gasteiger charge is 2.15. The van der Waals surface area contributed by atoms with Crippen molar-refractivity contribution in [1.82, 2.24) is 0 Å². The normalized spacial score (nSPS) is 10.1. The molecule has 1 rings (SSSR count). The van der Waals surface area contributed by atoms with Gasteiger partial charge in [-0.25, -0.2) is 0 Å². The lowest BCUT2D eigenvalue weighted by atomic mass is 10.1. The first kappa shape index (κ1) is 12.3. The number of hydrogen-bond acceptors (Lipinski definition) is 5. The Morgan fingerprint density at radius 1 is 1.44 bits per heavy atom. The van der Waals surface area contributed by atoms with Gasteiger partial charge in [0.05, 0.1) is 17.6 Å². The number of anilines is 1. The van der Waals surface area contributed by atoms with Gasteiger partial charge < -0.3 is 15.2 Å². The van der Waals surface area contributed by atoms with E-state index in [1.54, 1.807) is 20.1 Å². The van der Waals surface area contributed by atoms with E-state index in [2.05, 4.69) is 0 Å². The van der Waals surface area contributed by atoms with Gasteiger partial charge in [-0.1, -0.05) is 0 Å². The monoisotopic (exact) mass is 226 g/mol. The predicted molar refractivity (Wildman–Crippen MR) is 59.6 cm³/mol. The maximum Gasteiger partial charge on any atom is 0.296 e. The second-order valence-corrected chi connectivity index (χ2v) is 3.27. The molecule has 0 fully saturated rings. The van der Waals surface area contributed by atoms with E-state index in [1.807, 2.05) is 0 Å². The van der Waals surface area contributed by atoms with E-state index in [0.717, 1.165) is 0 Å². The number of nitrogens with zero attached hydrogens (tertiary/aromatic N) is 1. The van der Waals surface area contributed by atoms with Crippen LogP contribution in [0.4, 0.5) is 11.4 Å².